The summed E-state index contributed by atoms with van der Waals surface area (Å²) in [7, 11) is 1.66. The van der Waals surface area contributed by atoms with E-state index in [0.717, 1.165) is 71.9 Å². The molecule has 0 radical (unpaired) electrons. The van der Waals surface area contributed by atoms with Crippen LogP contribution in [0.1, 0.15) is 44.5 Å². The molecule has 3 aromatic rings. The average molecular weight is 437 g/mol. The van der Waals surface area contributed by atoms with Crippen molar-refractivity contribution in [1.29, 1.82) is 0 Å². The molecule has 1 atom stereocenters. The standard InChI is InChI=1S/C24H32N6O2/c1-6-15(2)25-24(31)18-11-13-29(14-12-18)23-22-21(16(3)26-27-23)17(4)30(28-22)19-7-9-20(32-5)10-8-19/h7-10,15,18H,6,11-14H2,1-5H3,(H,25,31)/t15-/m1/s1. The number of carbonyl (C=O) groups is 1. The molecular formula is C24H32N6O2. The SMILES string of the molecule is CC[C@@H](C)NC(=O)C1CCN(c2nnc(C)c3c(C)n(-c4ccc(OC)cc4)nc23)CC1. The van der Waals surface area contributed by atoms with Crippen molar-refractivity contribution in [2.45, 2.75) is 53.0 Å². The summed E-state index contributed by atoms with van der Waals surface area (Å²) in [4.78, 5) is 14.8. The zero-order valence-electron chi connectivity index (χ0n) is 19.6. The lowest BCUT2D eigenvalue weighted by atomic mass is 9.95. The maximum atomic E-state index is 12.5. The van der Waals surface area contributed by atoms with Gasteiger partial charge in [0.15, 0.2) is 5.82 Å². The van der Waals surface area contributed by atoms with Crippen LogP contribution in [0.4, 0.5) is 5.82 Å². The lowest BCUT2D eigenvalue weighted by molar-refractivity contribution is -0.126. The predicted octanol–water partition coefficient (Wildman–Crippen LogP) is 3.57. The minimum Gasteiger partial charge on any atom is -0.497 e. The Hall–Kier alpha value is -3.16. The van der Waals surface area contributed by atoms with E-state index in [4.69, 9.17) is 9.84 Å². The molecule has 1 aliphatic rings. The zero-order valence-corrected chi connectivity index (χ0v) is 19.6. The van der Waals surface area contributed by atoms with E-state index in [1.165, 1.54) is 0 Å². The lowest BCUT2D eigenvalue weighted by Gasteiger charge is -2.32. The molecule has 1 amide bonds. The molecule has 0 bridgehead atoms. The van der Waals surface area contributed by atoms with Gasteiger partial charge in [0.1, 0.15) is 11.3 Å². The van der Waals surface area contributed by atoms with Crippen LogP contribution in [0.25, 0.3) is 16.6 Å². The van der Waals surface area contributed by atoms with Crippen LogP contribution in [-0.2, 0) is 4.79 Å². The minimum absolute atomic E-state index is 0.0488. The van der Waals surface area contributed by atoms with Crippen molar-refractivity contribution in [1.82, 2.24) is 25.3 Å². The van der Waals surface area contributed by atoms with Gasteiger partial charge in [-0.15, -0.1) is 5.10 Å². The fourth-order valence-corrected chi connectivity index (χ4v) is 4.32. The number of ether oxygens (including phenoxy) is 1. The van der Waals surface area contributed by atoms with Gasteiger partial charge in [0.05, 0.1) is 29.6 Å². The molecule has 1 N–H and O–H groups in total. The van der Waals surface area contributed by atoms with Crippen molar-refractivity contribution in [3.8, 4) is 11.4 Å². The van der Waals surface area contributed by atoms with Gasteiger partial charge in [-0.1, -0.05) is 6.92 Å². The number of amides is 1. The molecular weight excluding hydrogens is 404 g/mol. The number of rotatable bonds is 6. The highest BCUT2D eigenvalue weighted by Crippen LogP contribution is 2.31. The van der Waals surface area contributed by atoms with E-state index in [1.807, 2.05) is 42.8 Å². The van der Waals surface area contributed by atoms with Crippen LogP contribution in [0.15, 0.2) is 24.3 Å². The first-order valence-corrected chi connectivity index (χ1v) is 11.3. The Morgan fingerprint density at radius 3 is 2.50 bits per heavy atom. The van der Waals surface area contributed by atoms with E-state index in [-0.39, 0.29) is 17.9 Å². The number of nitrogens with zero attached hydrogens (tertiary/aromatic N) is 5. The van der Waals surface area contributed by atoms with Gasteiger partial charge in [-0.05, 0) is 64.3 Å². The summed E-state index contributed by atoms with van der Waals surface area (Å²) in [6.45, 7) is 9.69. The Bertz CT molecular complexity index is 1100. The van der Waals surface area contributed by atoms with Crippen LogP contribution in [0, 0.1) is 19.8 Å². The molecule has 32 heavy (non-hydrogen) atoms. The molecule has 8 nitrogen and oxygen atoms in total. The second-order valence-corrected chi connectivity index (χ2v) is 8.61. The molecule has 4 rings (SSSR count). The summed E-state index contributed by atoms with van der Waals surface area (Å²) in [6.07, 6.45) is 2.55. The number of aromatic nitrogens is 4. The Morgan fingerprint density at radius 2 is 1.88 bits per heavy atom. The largest absolute Gasteiger partial charge is 0.497 e. The van der Waals surface area contributed by atoms with E-state index in [9.17, 15) is 4.79 Å². The second-order valence-electron chi connectivity index (χ2n) is 8.61. The van der Waals surface area contributed by atoms with E-state index in [0.29, 0.717) is 0 Å². The molecule has 1 fully saturated rings. The molecule has 1 aromatic carbocycles. The highest BCUT2D eigenvalue weighted by atomic mass is 16.5. The summed E-state index contributed by atoms with van der Waals surface area (Å²) in [5, 5.41) is 18.0. The molecule has 3 heterocycles. The van der Waals surface area contributed by atoms with E-state index < -0.39 is 0 Å². The number of hydrogen-bond donors (Lipinski definition) is 1. The van der Waals surface area contributed by atoms with Gasteiger partial charge in [0.25, 0.3) is 0 Å². The third-order valence-electron chi connectivity index (χ3n) is 6.47. The number of hydrogen-bond acceptors (Lipinski definition) is 6. The molecule has 0 aliphatic carbocycles. The van der Waals surface area contributed by atoms with E-state index in [1.54, 1.807) is 7.11 Å². The van der Waals surface area contributed by atoms with Gasteiger partial charge in [-0.3, -0.25) is 4.79 Å². The number of fused-ring (bicyclic) bond motifs is 1. The Kier molecular flexibility index (Phi) is 6.30. The van der Waals surface area contributed by atoms with Crippen LogP contribution in [0.5, 0.6) is 5.75 Å². The summed E-state index contributed by atoms with van der Waals surface area (Å²) < 4.78 is 7.22. The van der Waals surface area contributed by atoms with Gasteiger partial charge < -0.3 is 15.0 Å². The summed E-state index contributed by atoms with van der Waals surface area (Å²) in [6, 6.07) is 8.07. The first-order valence-electron chi connectivity index (χ1n) is 11.3. The van der Waals surface area contributed by atoms with Gasteiger partial charge in [-0.2, -0.15) is 10.2 Å². The fourth-order valence-electron chi connectivity index (χ4n) is 4.32. The predicted molar refractivity (Wildman–Crippen MR) is 126 cm³/mol. The highest BCUT2D eigenvalue weighted by molar-refractivity contribution is 5.92. The van der Waals surface area contributed by atoms with Crippen molar-refractivity contribution < 1.29 is 9.53 Å². The Labute approximate surface area is 189 Å². The number of nitrogens with one attached hydrogen (secondary N) is 1. The van der Waals surface area contributed by atoms with E-state index in [2.05, 4.69) is 34.3 Å². The van der Waals surface area contributed by atoms with Gasteiger partial charge in [-0.25, -0.2) is 4.68 Å². The van der Waals surface area contributed by atoms with Gasteiger partial charge in [0.2, 0.25) is 5.91 Å². The third-order valence-corrected chi connectivity index (χ3v) is 6.47. The molecule has 0 saturated carbocycles. The number of piperidine rings is 1. The molecule has 170 valence electrons. The minimum atomic E-state index is 0.0488. The monoisotopic (exact) mass is 436 g/mol. The topological polar surface area (TPSA) is 85.2 Å². The smallest absolute Gasteiger partial charge is 0.223 e. The number of methoxy groups -OCH3 is 1. The normalized spacial score (nSPS) is 15.7. The highest BCUT2D eigenvalue weighted by Gasteiger charge is 2.28. The number of benzene rings is 1. The van der Waals surface area contributed by atoms with Crippen LogP contribution in [0.2, 0.25) is 0 Å². The maximum absolute atomic E-state index is 12.5. The van der Waals surface area contributed by atoms with Crippen molar-refractivity contribution in [2.24, 2.45) is 5.92 Å². The number of carbonyl (C=O) groups excluding carboxylic acids is 1. The first kappa shape index (κ1) is 22.0. The molecule has 0 unspecified atom stereocenters. The van der Waals surface area contributed by atoms with Crippen LogP contribution < -0.4 is 15.0 Å². The lowest BCUT2D eigenvalue weighted by Crippen LogP contribution is -2.43. The first-order chi connectivity index (χ1) is 15.4. The van der Waals surface area contributed by atoms with Crippen LogP contribution >= 0.6 is 0 Å². The zero-order chi connectivity index (χ0) is 22.8. The second kappa shape index (κ2) is 9.14. The van der Waals surface area contributed by atoms with Crippen molar-refractivity contribution >= 4 is 22.6 Å². The quantitative estimate of drug-likeness (QED) is 0.636. The average Bonchev–Trinajstić information content (AvgIpc) is 3.17. The van der Waals surface area contributed by atoms with Crippen molar-refractivity contribution in [3.63, 3.8) is 0 Å². The van der Waals surface area contributed by atoms with Gasteiger partial charge >= 0.3 is 0 Å². The van der Waals surface area contributed by atoms with E-state index >= 15 is 0 Å². The summed E-state index contributed by atoms with van der Waals surface area (Å²) in [5.74, 6) is 1.82. The third kappa shape index (κ3) is 4.13. The fraction of sp³-hybridized carbons (Fsp3) is 0.500. The summed E-state index contributed by atoms with van der Waals surface area (Å²) in [5.41, 5.74) is 3.71. The van der Waals surface area contributed by atoms with Crippen LogP contribution in [0.3, 0.4) is 0 Å². The summed E-state index contributed by atoms with van der Waals surface area (Å²) >= 11 is 0. The number of anilines is 1. The molecule has 2 aromatic heterocycles. The Balaban J connectivity index is 1.60. The molecule has 1 aliphatic heterocycles. The Morgan fingerprint density at radius 1 is 1.19 bits per heavy atom. The molecule has 8 heteroatoms. The van der Waals surface area contributed by atoms with Crippen LogP contribution in [-0.4, -0.2) is 52.1 Å². The van der Waals surface area contributed by atoms with Gasteiger partial charge in [0, 0.05) is 25.0 Å². The maximum Gasteiger partial charge on any atom is 0.223 e. The molecule has 1 saturated heterocycles. The van der Waals surface area contributed by atoms with Crippen molar-refractivity contribution in [3.05, 3.63) is 35.7 Å². The van der Waals surface area contributed by atoms with Crippen molar-refractivity contribution in [2.75, 3.05) is 25.1 Å². The number of aryl methyl sites for hydroxylation is 2. The molecule has 0 spiro atoms.